The first-order valence-corrected chi connectivity index (χ1v) is 8.41. The van der Waals surface area contributed by atoms with Crippen LogP contribution in [-0.2, 0) is 14.8 Å². The minimum atomic E-state index is -3.68. The summed E-state index contributed by atoms with van der Waals surface area (Å²) in [5.41, 5.74) is 0. The van der Waals surface area contributed by atoms with Crippen LogP contribution in [0, 0.1) is 0 Å². The molecule has 0 radical (unpaired) electrons. The van der Waals surface area contributed by atoms with E-state index in [4.69, 9.17) is 4.74 Å². The predicted octanol–water partition coefficient (Wildman–Crippen LogP) is 1.03. The van der Waals surface area contributed by atoms with Gasteiger partial charge in [-0.05, 0) is 51.0 Å². The fourth-order valence-electron chi connectivity index (χ4n) is 1.72. The second-order valence-corrected chi connectivity index (χ2v) is 7.07. The van der Waals surface area contributed by atoms with E-state index in [1.54, 1.807) is 12.1 Å². The Morgan fingerprint density at radius 2 is 1.90 bits per heavy atom. The quantitative estimate of drug-likeness (QED) is 0.787. The lowest BCUT2D eigenvalue weighted by atomic mass is 10.3. The molecule has 0 heterocycles. The highest BCUT2D eigenvalue weighted by Crippen LogP contribution is 2.18. The predicted molar refractivity (Wildman–Crippen MR) is 78.6 cm³/mol. The summed E-state index contributed by atoms with van der Waals surface area (Å²) in [5, 5.41) is 2.72. The molecule has 1 aromatic rings. The Hall–Kier alpha value is -1.60. The third-order valence-electron chi connectivity index (χ3n) is 2.87. The molecule has 1 aliphatic rings. The first-order chi connectivity index (χ1) is 9.87. The Labute approximate surface area is 124 Å². The van der Waals surface area contributed by atoms with Crippen molar-refractivity contribution in [3.8, 4) is 5.75 Å². The second kappa shape index (κ2) is 6.44. The molecule has 0 saturated heterocycles. The van der Waals surface area contributed by atoms with Crippen LogP contribution < -0.4 is 14.8 Å². The van der Waals surface area contributed by atoms with E-state index >= 15 is 0 Å². The average Bonchev–Trinajstić information content (AvgIpc) is 3.20. The molecule has 6 nitrogen and oxygen atoms in total. The van der Waals surface area contributed by atoms with Crippen molar-refractivity contribution in [3.05, 3.63) is 24.3 Å². The van der Waals surface area contributed by atoms with Gasteiger partial charge in [0.25, 0.3) is 0 Å². The highest BCUT2D eigenvalue weighted by molar-refractivity contribution is 7.89. The van der Waals surface area contributed by atoms with Crippen LogP contribution in [-0.4, -0.2) is 33.0 Å². The van der Waals surface area contributed by atoms with E-state index in [2.05, 4.69) is 10.0 Å². The number of benzene rings is 1. The molecule has 0 bridgehead atoms. The van der Waals surface area contributed by atoms with Crippen LogP contribution in [0.25, 0.3) is 0 Å². The van der Waals surface area contributed by atoms with Gasteiger partial charge in [-0.3, -0.25) is 4.79 Å². The van der Waals surface area contributed by atoms with E-state index in [1.807, 2.05) is 13.8 Å². The van der Waals surface area contributed by atoms with Gasteiger partial charge in [0.15, 0.2) is 0 Å². The normalized spacial score (nSPS) is 15.0. The van der Waals surface area contributed by atoms with Gasteiger partial charge in [-0.2, -0.15) is 0 Å². The largest absolute Gasteiger partial charge is 0.491 e. The summed E-state index contributed by atoms with van der Waals surface area (Å²) in [6, 6.07) is 6.32. The Morgan fingerprint density at radius 3 is 2.43 bits per heavy atom. The van der Waals surface area contributed by atoms with Crippen LogP contribution >= 0.6 is 0 Å². The maximum absolute atomic E-state index is 12.0. The lowest BCUT2D eigenvalue weighted by Gasteiger charge is -2.11. The Morgan fingerprint density at radius 1 is 1.29 bits per heavy atom. The zero-order valence-electron chi connectivity index (χ0n) is 12.1. The minimum Gasteiger partial charge on any atom is -0.491 e. The van der Waals surface area contributed by atoms with Crippen LogP contribution in [0.1, 0.15) is 26.7 Å². The van der Waals surface area contributed by atoms with Gasteiger partial charge in [-0.25, -0.2) is 13.1 Å². The molecule has 1 saturated carbocycles. The maximum atomic E-state index is 12.0. The summed E-state index contributed by atoms with van der Waals surface area (Å²) in [7, 11) is -3.68. The molecule has 1 aromatic carbocycles. The van der Waals surface area contributed by atoms with Gasteiger partial charge in [-0.15, -0.1) is 0 Å². The molecule has 7 heteroatoms. The molecule has 21 heavy (non-hydrogen) atoms. The SMILES string of the molecule is CC(C)Oc1ccc(S(=O)(=O)NCC(=O)NC2CC2)cc1. The number of rotatable bonds is 7. The van der Waals surface area contributed by atoms with Crippen LogP contribution in [0.5, 0.6) is 5.75 Å². The fraction of sp³-hybridized carbons (Fsp3) is 0.500. The Balaban J connectivity index is 1.93. The van der Waals surface area contributed by atoms with Gasteiger partial charge in [0, 0.05) is 6.04 Å². The van der Waals surface area contributed by atoms with Gasteiger partial charge >= 0.3 is 0 Å². The number of ether oxygens (including phenoxy) is 1. The monoisotopic (exact) mass is 312 g/mol. The lowest BCUT2D eigenvalue weighted by Crippen LogP contribution is -2.37. The van der Waals surface area contributed by atoms with Gasteiger partial charge in [-0.1, -0.05) is 0 Å². The summed E-state index contributed by atoms with van der Waals surface area (Å²) in [6.45, 7) is 3.54. The van der Waals surface area contributed by atoms with E-state index in [0.717, 1.165) is 12.8 Å². The van der Waals surface area contributed by atoms with Crippen molar-refractivity contribution < 1.29 is 17.9 Å². The third-order valence-corrected chi connectivity index (χ3v) is 4.29. The first kappa shape index (κ1) is 15.8. The topological polar surface area (TPSA) is 84.5 Å². The molecular weight excluding hydrogens is 292 g/mol. The van der Waals surface area contributed by atoms with Crippen molar-refractivity contribution in [2.75, 3.05) is 6.54 Å². The van der Waals surface area contributed by atoms with Crippen LogP contribution in [0.15, 0.2) is 29.2 Å². The van der Waals surface area contributed by atoms with E-state index in [9.17, 15) is 13.2 Å². The molecule has 2 N–H and O–H groups in total. The summed E-state index contributed by atoms with van der Waals surface area (Å²) in [4.78, 5) is 11.6. The van der Waals surface area contributed by atoms with Crippen molar-refractivity contribution in [1.29, 1.82) is 0 Å². The molecular formula is C14H20N2O4S. The van der Waals surface area contributed by atoms with Gasteiger partial charge < -0.3 is 10.1 Å². The summed E-state index contributed by atoms with van der Waals surface area (Å²) in [6.07, 6.45) is 1.96. The molecule has 116 valence electrons. The zero-order valence-corrected chi connectivity index (χ0v) is 12.9. The van der Waals surface area contributed by atoms with E-state index in [-0.39, 0.29) is 29.5 Å². The Kier molecular flexibility index (Phi) is 4.84. The standard InChI is InChI=1S/C14H20N2O4S/c1-10(2)20-12-5-7-13(8-6-12)21(18,19)15-9-14(17)16-11-3-4-11/h5-8,10-11,15H,3-4,9H2,1-2H3,(H,16,17). The molecule has 1 aliphatic carbocycles. The van der Waals surface area contributed by atoms with Crippen molar-refractivity contribution in [2.45, 2.75) is 43.7 Å². The number of amides is 1. The molecule has 0 aromatic heterocycles. The number of hydrogen-bond donors (Lipinski definition) is 2. The van der Waals surface area contributed by atoms with E-state index in [0.29, 0.717) is 5.75 Å². The number of hydrogen-bond acceptors (Lipinski definition) is 4. The summed E-state index contributed by atoms with van der Waals surface area (Å²) >= 11 is 0. The van der Waals surface area contributed by atoms with Crippen molar-refractivity contribution in [3.63, 3.8) is 0 Å². The average molecular weight is 312 g/mol. The first-order valence-electron chi connectivity index (χ1n) is 6.92. The fourth-order valence-corrected chi connectivity index (χ4v) is 2.70. The lowest BCUT2D eigenvalue weighted by molar-refractivity contribution is -0.120. The smallest absolute Gasteiger partial charge is 0.241 e. The highest BCUT2D eigenvalue weighted by atomic mass is 32.2. The molecule has 0 unspecified atom stereocenters. The number of nitrogens with one attached hydrogen (secondary N) is 2. The molecule has 1 amide bonds. The molecule has 1 fully saturated rings. The van der Waals surface area contributed by atoms with Crippen molar-refractivity contribution in [1.82, 2.24) is 10.0 Å². The molecule has 0 spiro atoms. The Bertz CT molecular complexity index is 592. The second-order valence-electron chi connectivity index (χ2n) is 5.30. The van der Waals surface area contributed by atoms with Crippen LogP contribution in [0.2, 0.25) is 0 Å². The number of sulfonamides is 1. The van der Waals surface area contributed by atoms with Crippen molar-refractivity contribution in [2.24, 2.45) is 0 Å². The van der Waals surface area contributed by atoms with Gasteiger partial charge in [0.05, 0.1) is 17.5 Å². The van der Waals surface area contributed by atoms with E-state index < -0.39 is 10.0 Å². The maximum Gasteiger partial charge on any atom is 0.241 e. The minimum absolute atomic E-state index is 0.0247. The number of carbonyl (C=O) groups excluding carboxylic acids is 1. The summed E-state index contributed by atoms with van der Waals surface area (Å²) in [5.74, 6) is 0.302. The third kappa shape index (κ3) is 5.02. The van der Waals surface area contributed by atoms with Gasteiger partial charge in [0.1, 0.15) is 5.75 Å². The van der Waals surface area contributed by atoms with Crippen LogP contribution in [0.3, 0.4) is 0 Å². The van der Waals surface area contributed by atoms with E-state index in [1.165, 1.54) is 12.1 Å². The molecule has 0 aliphatic heterocycles. The van der Waals surface area contributed by atoms with Gasteiger partial charge in [0.2, 0.25) is 15.9 Å². The highest BCUT2D eigenvalue weighted by Gasteiger charge is 2.24. The number of carbonyl (C=O) groups is 1. The molecule has 0 atom stereocenters. The zero-order chi connectivity index (χ0) is 15.5. The molecule has 2 rings (SSSR count). The summed E-state index contributed by atoms with van der Waals surface area (Å²) < 4.78 is 31.8. The van der Waals surface area contributed by atoms with Crippen molar-refractivity contribution >= 4 is 15.9 Å². The van der Waals surface area contributed by atoms with Crippen LogP contribution in [0.4, 0.5) is 0 Å².